The fourth-order valence-electron chi connectivity index (χ4n) is 1.79. The normalized spacial score (nSPS) is 14.2. The number of nitrogens with zero attached hydrogens (tertiary/aromatic N) is 3. The summed E-state index contributed by atoms with van der Waals surface area (Å²) < 4.78 is 44.4. The molecular formula is C12H9F3N4OS. The van der Waals surface area contributed by atoms with Gasteiger partial charge in [-0.1, -0.05) is 11.8 Å². The third-order valence-corrected chi connectivity index (χ3v) is 3.63. The quantitative estimate of drug-likeness (QED) is 0.923. The van der Waals surface area contributed by atoms with Gasteiger partial charge in [0.05, 0.1) is 12.8 Å². The fraction of sp³-hybridized carbons (Fsp3) is 0.167. The van der Waals surface area contributed by atoms with Crippen molar-refractivity contribution in [1.82, 2.24) is 14.9 Å². The van der Waals surface area contributed by atoms with Crippen LogP contribution in [0.4, 0.5) is 13.2 Å². The van der Waals surface area contributed by atoms with Gasteiger partial charge < -0.3 is 4.74 Å². The number of alkyl halides is 3. The Kier molecular flexibility index (Phi) is 3.28. The predicted octanol–water partition coefficient (Wildman–Crippen LogP) is 2.95. The van der Waals surface area contributed by atoms with E-state index in [4.69, 9.17) is 4.74 Å². The first kappa shape index (κ1) is 13.8. The van der Waals surface area contributed by atoms with E-state index >= 15 is 0 Å². The second-order valence-electron chi connectivity index (χ2n) is 4.13. The number of hydrogen-bond donors (Lipinski definition) is 1. The molecule has 1 aliphatic heterocycles. The minimum atomic E-state index is -4.57. The van der Waals surface area contributed by atoms with Crippen LogP contribution < -0.4 is 10.2 Å². The third kappa shape index (κ3) is 2.56. The summed E-state index contributed by atoms with van der Waals surface area (Å²) in [7, 11) is 1.54. The summed E-state index contributed by atoms with van der Waals surface area (Å²) in [6.07, 6.45) is -4.57. The summed E-state index contributed by atoms with van der Waals surface area (Å²) in [5.74, 6) is -0.409. The van der Waals surface area contributed by atoms with Gasteiger partial charge in [-0.05, 0) is 24.3 Å². The molecule has 1 aromatic carbocycles. The van der Waals surface area contributed by atoms with Crippen LogP contribution in [0, 0.1) is 0 Å². The van der Waals surface area contributed by atoms with Crippen molar-refractivity contribution in [2.75, 3.05) is 12.5 Å². The summed E-state index contributed by atoms with van der Waals surface area (Å²) in [5.41, 5.74) is 3.94. The average molecular weight is 314 g/mol. The van der Waals surface area contributed by atoms with Crippen molar-refractivity contribution in [2.45, 2.75) is 11.3 Å². The highest BCUT2D eigenvalue weighted by atomic mass is 32.2. The average Bonchev–Trinajstić information content (AvgIpc) is 2.90. The smallest absolute Gasteiger partial charge is 0.453 e. The van der Waals surface area contributed by atoms with Crippen molar-refractivity contribution < 1.29 is 17.9 Å². The Hall–Kier alpha value is -2.16. The van der Waals surface area contributed by atoms with Gasteiger partial charge >= 0.3 is 6.18 Å². The first-order chi connectivity index (χ1) is 9.99. The maximum absolute atomic E-state index is 12.8. The first-order valence-corrected chi connectivity index (χ1v) is 6.68. The van der Waals surface area contributed by atoms with E-state index in [-0.39, 0.29) is 5.16 Å². The van der Waals surface area contributed by atoms with Gasteiger partial charge in [-0.3, -0.25) is 5.43 Å². The van der Waals surface area contributed by atoms with E-state index in [0.29, 0.717) is 11.4 Å². The van der Waals surface area contributed by atoms with E-state index in [1.165, 1.54) is 0 Å². The van der Waals surface area contributed by atoms with Gasteiger partial charge in [0, 0.05) is 11.0 Å². The predicted molar refractivity (Wildman–Crippen MR) is 71.2 cm³/mol. The molecule has 21 heavy (non-hydrogen) atoms. The maximum Gasteiger partial charge on any atom is 0.453 e. The number of benzene rings is 1. The second-order valence-corrected chi connectivity index (χ2v) is 4.97. The lowest BCUT2D eigenvalue weighted by atomic mass is 10.2. The van der Waals surface area contributed by atoms with Crippen LogP contribution in [-0.4, -0.2) is 22.0 Å². The molecule has 0 unspecified atom stereocenters. The largest absolute Gasteiger partial charge is 0.497 e. The highest BCUT2D eigenvalue weighted by Crippen LogP contribution is 2.34. The lowest BCUT2D eigenvalue weighted by Gasteiger charge is -2.19. The number of aromatic nitrogens is 3. The third-order valence-electron chi connectivity index (χ3n) is 2.80. The molecule has 3 rings (SSSR count). The van der Waals surface area contributed by atoms with Crippen LogP contribution in [-0.2, 0) is 6.18 Å². The Morgan fingerprint density at radius 2 is 1.90 bits per heavy atom. The van der Waals surface area contributed by atoms with Crippen LogP contribution in [0.2, 0.25) is 0 Å². The lowest BCUT2D eigenvalue weighted by Crippen LogP contribution is -2.24. The molecule has 0 aliphatic carbocycles. The zero-order valence-electron chi connectivity index (χ0n) is 10.7. The summed E-state index contributed by atoms with van der Waals surface area (Å²) >= 11 is 1.07. The molecule has 0 saturated heterocycles. The number of ether oxygens (including phenoxy) is 1. The second kappa shape index (κ2) is 4.99. The Morgan fingerprint density at radius 3 is 2.52 bits per heavy atom. The number of fused-ring (bicyclic) bond motifs is 1. The Balaban J connectivity index is 1.91. The topological polar surface area (TPSA) is 52.0 Å². The van der Waals surface area contributed by atoms with Crippen molar-refractivity contribution in [2.24, 2.45) is 0 Å². The van der Waals surface area contributed by atoms with E-state index in [0.717, 1.165) is 22.0 Å². The highest BCUT2D eigenvalue weighted by Gasteiger charge is 2.39. The SMILES string of the molecule is COc1ccc(C2=CSc3nnc(C(F)(F)F)n3N2)cc1. The monoisotopic (exact) mass is 314 g/mol. The molecule has 0 atom stereocenters. The molecule has 9 heteroatoms. The summed E-state index contributed by atoms with van der Waals surface area (Å²) in [5, 5.41) is 8.51. The van der Waals surface area contributed by atoms with Gasteiger partial charge in [-0.15, -0.1) is 10.2 Å². The van der Waals surface area contributed by atoms with Crippen LogP contribution >= 0.6 is 11.8 Å². The van der Waals surface area contributed by atoms with Gasteiger partial charge in [-0.2, -0.15) is 13.2 Å². The van der Waals surface area contributed by atoms with E-state index in [1.54, 1.807) is 36.8 Å². The molecule has 0 radical (unpaired) electrons. The number of rotatable bonds is 2. The van der Waals surface area contributed by atoms with Crippen LogP contribution in [0.3, 0.4) is 0 Å². The minimum Gasteiger partial charge on any atom is -0.497 e. The number of halogens is 3. The van der Waals surface area contributed by atoms with Crippen molar-refractivity contribution in [3.63, 3.8) is 0 Å². The van der Waals surface area contributed by atoms with Gasteiger partial charge in [0.2, 0.25) is 5.16 Å². The fourth-order valence-corrected chi connectivity index (χ4v) is 2.53. The van der Waals surface area contributed by atoms with E-state index in [9.17, 15) is 13.2 Å². The minimum absolute atomic E-state index is 0.139. The zero-order valence-corrected chi connectivity index (χ0v) is 11.5. The molecule has 1 aromatic heterocycles. The van der Waals surface area contributed by atoms with Crippen molar-refractivity contribution in [3.05, 3.63) is 41.1 Å². The van der Waals surface area contributed by atoms with Crippen molar-refractivity contribution >= 4 is 17.5 Å². The maximum atomic E-state index is 12.8. The van der Waals surface area contributed by atoms with Crippen LogP contribution in [0.1, 0.15) is 11.4 Å². The molecule has 1 aliphatic rings. The molecule has 2 aromatic rings. The van der Waals surface area contributed by atoms with Gasteiger partial charge in [0.25, 0.3) is 5.82 Å². The number of methoxy groups -OCH3 is 1. The number of thioether (sulfide) groups is 1. The molecule has 5 nitrogen and oxygen atoms in total. The highest BCUT2D eigenvalue weighted by molar-refractivity contribution is 8.02. The van der Waals surface area contributed by atoms with Gasteiger partial charge in [-0.25, -0.2) is 4.68 Å². The molecule has 0 spiro atoms. The van der Waals surface area contributed by atoms with E-state index < -0.39 is 12.0 Å². The summed E-state index contributed by atoms with van der Waals surface area (Å²) in [6.45, 7) is 0. The van der Waals surface area contributed by atoms with E-state index in [1.807, 2.05) is 0 Å². The molecule has 0 saturated carbocycles. The van der Waals surface area contributed by atoms with Crippen molar-refractivity contribution in [1.29, 1.82) is 0 Å². The van der Waals surface area contributed by atoms with Gasteiger partial charge in [0.1, 0.15) is 5.75 Å². The molecule has 0 bridgehead atoms. The Labute approximate surface area is 121 Å². The van der Waals surface area contributed by atoms with E-state index in [2.05, 4.69) is 15.6 Å². The summed E-state index contributed by atoms with van der Waals surface area (Å²) in [4.78, 5) is 0. The molecule has 2 heterocycles. The van der Waals surface area contributed by atoms with Crippen LogP contribution in [0.5, 0.6) is 5.75 Å². The Morgan fingerprint density at radius 1 is 1.19 bits per heavy atom. The standard InChI is InChI=1S/C12H9F3N4OS/c1-20-8-4-2-7(3-5-8)9-6-21-11-17-16-10(12(13,14)15)19(11)18-9/h2-6,18H,1H3. The molecular weight excluding hydrogens is 305 g/mol. The Bertz CT molecular complexity index is 694. The molecule has 110 valence electrons. The number of hydrogen-bond acceptors (Lipinski definition) is 5. The molecule has 0 fully saturated rings. The molecule has 0 amide bonds. The van der Waals surface area contributed by atoms with Crippen LogP contribution in [0.15, 0.2) is 34.8 Å². The lowest BCUT2D eigenvalue weighted by molar-refractivity contribution is -0.146. The molecule has 1 N–H and O–H groups in total. The first-order valence-electron chi connectivity index (χ1n) is 5.80. The zero-order chi connectivity index (χ0) is 15.0. The summed E-state index contributed by atoms with van der Waals surface area (Å²) in [6, 6.07) is 6.96. The van der Waals surface area contributed by atoms with Gasteiger partial charge in [0.15, 0.2) is 0 Å². The van der Waals surface area contributed by atoms with Crippen LogP contribution in [0.25, 0.3) is 5.70 Å². The number of nitrogens with one attached hydrogen (secondary N) is 1. The van der Waals surface area contributed by atoms with Crippen molar-refractivity contribution in [3.8, 4) is 5.75 Å².